The van der Waals surface area contributed by atoms with Gasteiger partial charge in [-0.15, -0.1) is 0 Å². The molecule has 0 bridgehead atoms. The number of hydrogen-bond donors (Lipinski definition) is 3. The lowest BCUT2D eigenvalue weighted by molar-refractivity contribution is -0.394. The quantitative estimate of drug-likeness (QED) is 0.230. The third kappa shape index (κ3) is 6.51. The van der Waals surface area contributed by atoms with Gasteiger partial charge in [0.2, 0.25) is 5.95 Å². The van der Waals surface area contributed by atoms with E-state index in [9.17, 15) is 33.4 Å². The molecule has 0 fully saturated rings. The van der Waals surface area contributed by atoms with Crippen molar-refractivity contribution >= 4 is 56.3 Å². The summed E-state index contributed by atoms with van der Waals surface area (Å²) in [5.74, 6) is -0.990. The second kappa shape index (κ2) is 10.4. The molecule has 186 valence electrons. The molecule has 0 saturated heterocycles. The number of hydrogen-bond acceptors (Lipinski definition) is 10. The Morgan fingerprint density at radius 1 is 0.917 bits per heavy atom. The third-order valence-corrected chi connectivity index (χ3v) is 5.99. The van der Waals surface area contributed by atoms with Gasteiger partial charge < -0.3 is 5.32 Å². The minimum absolute atomic E-state index is 0.0695. The van der Waals surface area contributed by atoms with E-state index in [1.807, 2.05) is 0 Å². The van der Waals surface area contributed by atoms with E-state index >= 15 is 0 Å². The van der Waals surface area contributed by atoms with Crippen molar-refractivity contribution in [3.63, 3.8) is 0 Å². The zero-order valence-electron chi connectivity index (χ0n) is 18.6. The third-order valence-electron chi connectivity index (χ3n) is 4.44. The Morgan fingerprint density at radius 3 is 1.94 bits per heavy atom. The van der Waals surface area contributed by atoms with E-state index in [1.165, 1.54) is 24.3 Å². The van der Waals surface area contributed by atoms with Crippen molar-refractivity contribution in [2.45, 2.75) is 18.7 Å². The first-order valence-corrected chi connectivity index (χ1v) is 11.7. The van der Waals surface area contributed by atoms with Crippen LogP contribution in [0.2, 0.25) is 0 Å². The lowest BCUT2D eigenvalue weighted by Crippen LogP contribution is -2.34. The molecule has 3 aromatic rings. The number of nitrogens with one attached hydrogen (secondary N) is 3. The number of sulfonamides is 1. The molecule has 0 aliphatic rings. The number of carbonyl (C=O) groups is 1. The summed E-state index contributed by atoms with van der Waals surface area (Å²) in [4.78, 5) is 40.7. The van der Waals surface area contributed by atoms with Gasteiger partial charge in [-0.25, -0.2) is 23.1 Å². The van der Waals surface area contributed by atoms with E-state index in [4.69, 9.17) is 12.2 Å². The van der Waals surface area contributed by atoms with Crippen LogP contribution in [0.1, 0.15) is 21.7 Å². The monoisotopic (exact) mass is 531 g/mol. The average molecular weight is 532 g/mol. The second-order valence-corrected chi connectivity index (χ2v) is 9.36. The summed E-state index contributed by atoms with van der Waals surface area (Å²) in [6, 6.07) is 9.49. The molecule has 0 radical (unpaired) electrons. The molecule has 3 N–H and O–H groups in total. The van der Waals surface area contributed by atoms with Crippen molar-refractivity contribution in [2.75, 3.05) is 10.0 Å². The van der Waals surface area contributed by atoms with Gasteiger partial charge in [-0.3, -0.25) is 30.3 Å². The number of benzene rings is 2. The Labute approximate surface area is 209 Å². The molecule has 16 heteroatoms. The molecule has 0 atom stereocenters. The molecule has 2 aromatic carbocycles. The Bertz CT molecular complexity index is 1440. The Hall–Kier alpha value is -4.57. The molecular formula is C20H17N7O7S2. The van der Waals surface area contributed by atoms with Crippen LogP contribution in [0.15, 0.2) is 53.4 Å². The smallest absolute Gasteiger partial charge is 0.277 e. The van der Waals surface area contributed by atoms with E-state index in [0.29, 0.717) is 17.1 Å². The highest BCUT2D eigenvalue weighted by Gasteiger charge is 2.21. The largest absolute Gasteiger partial charge is 0.332 e. The number of carbonyl (C=O) groups excluding carboxylic acids is 1. The van der Waals surface area contributed by atoms with E-state index in [-0.39, 0.29) is 21.5 Å². The van der Waals surface area contributed by atoms with Crippen molar-refractivity contribution in [2.24, 2.45) is 0 Å². The highest BCUT2D eigenvalue weighted by atomic mass is 32.2. The van der Waals surface area contributed by atoms with Crippen molar-refractivity contribution in [3.8, 4) is 0 Å². The number of aryl methyl sites for hydroxylation is 2. The summed E-state index contributed by atoms with van der Waals surface area (Å²) in [6.45, 7) is 3.41. The van der Waals surface area contributed by atoms with Crippen molar-refractivity contribution in [1.29, 1.82) is 0 Å². The number of nitro benzene ring substituents is 2. The van der Waals surface area contributed by atoms with Crippen LogP contribution < -0.4 is 15.4 Å². The molecule has 14 nitrogen and oxygen atoms in total. The van der Waals surface area contributed by atoms with Crippen LogP contribution in [0.3, 0.4) is 0 Å². The van der Waals surface area contributed by atoms with Gasteiger partial charge in [0, 0.05) is 29.2 Å². The Kier molecular flexibility index (Phi) is 7.50. The molecule has 0 aliphatic carbocycles. The molecule has 36 heavy (non-hydrogen) atoms. The number of nitrogens with zero attached hydrogens (tertiary/aromatic N) is 4. The van der Waals surface area contributed by atoms with Gasteiger partial charge in [0.1, 0.15) is 0 Å². The lowest BCUT2D eigenvalue weighted by Gasteiger charge is -2.11. The van der Waals surface area contributed by atoms with Gasteiger partial charge in [-0.05, 0) is 56.4 Å². The maximum absolute atomic E-state index is 12.6. The summed E-state index contributed by atoms with van der Waals surface area (Å²) in [5, 5.41) is 26.7. The van der Waals surface area contributed by atoms with Crippen molar-refractivity contribution < 1.29 is 23.1 Å². The zero-order valence-corrected chi connectivity index (χ0v) is 20.2. The Morgan fingerprint density at radius 2 is 1.44 bits per heavy atom. The number of anilines is 2. The Balaban J connectivity index is 1.69. The van der Waals surface area contributed by atoms with Crippen LogP contribution in [0, 0.1) is 34.1 Å². The predicted octanol–water partition coefficient (Wildman–Crippen LogP) is 2.84. The molecule has 1 heterocycles. The molecule has 0 spiro atoms. The molecular weight excluding hydrogens is 514 g/mol. The highest BCUT2D eigenvalue weighted by molar-refractivity contribution is 7.92. The van der Waals surface area contributed by atoms with Crippen molar-refractivity contribution in [3.05, 3.63) is 85.7 Å². The molecule has 3 rings (SSSR count). The zero-order chi connectivity index (χ0) is 26.6. The van der Waals surface area contributed by atoms with E-state index in [0.717, 1.165) is 18.2 Å². The fourth-order valence-corrected chi connectivity index (χ4v) is 4.10. The standard InChI is InChI=1S/C20H17N7O7S2/c1-11-7-12(2)22-19(21-11)25-36(33,34)17-5-3-14(4-6-17)23-20(35)24-18(28)13-8-15(26(29)30)10-16(9-13)27(31)32/h3-10H,1-2H3,(H,21,22,25)(H2,23,24,28,35). The van der Waals surface area contributed by atoms with Gasteiger partial charge in [0.05, 0.1) is 26.4 Å². The van der Waals surface area contributed by atoms with Crippen LogP contribution in [0.5, 0.6) is 0 Å². The average Bonchev–Trinajstić information content (AvgIpc) is 2.77. The first-order valence-electron chi connectivity index (χ1n) is 9.85. The molecule has 0 aliphatic heterocycles. The number of thiocarbonyl (C=S) groups is 1. The normalized spacial score (nSPS) is 10.8. The van der Waals surface area contributed by atoms with Gasteiger partial charge in [-0.2, -0.15) is 0 Å². The minimum atomic E-state index is -3.98. The van der Waals surface area contributed by atoms with Crippen LogP contribution in [-0.2, 0) is 10.0 Å². The van der Waals surface area contributed by atoms with Crippen LogP contribution in [-0.4, -0.2) is 39.3 Å². The summed E-state index contributed by atoms with van der Waals surface area (Å²) in [5.41, 5.74) is -0.118. The maximum Gasteiger partial charge on any atom is 0.277 e. The second-order valence-electron chi connectivity index (χ2n) is 7.26. The van der Waals surface area contributed by atoms with Gasteiger partial charge in [-0.1, -0.05) is 0 Å². The van der Waals surface area contributed by atoms with Crippen LogP contribution in [0.25, 0.3) is 0 Å². The van der Waals surface area contributed by atoms with Crippen LogP contribution >= 0.6 is 12.2 Å². The summed E-state index contributed by atoms with van der Waals surface area (Å²) in [6.07, 6.45) is 0. The molecule has 0 unspecified atom stereocenters. The number of aromatic nitrogens is 2. The topological polar surface area (TPSA) is 199 Å². The molecule has 1 aromatic heterocycles. The minimum Gasteiger partial charge on any atom is -0.332 e. The fourth-order valence-electron chi connectivity index (χ4n) is 2.94. The SMILES string of the molecule is Cc1cc(C)nc(NS(=O)(=O)c2ccc(NC(=S)NC(=O)c3cc([N+](=O)[O-])cc([N+](=O)[O-])c3)cc2)n1. The first kappa shape index (κ1) is 26.0. The van der Waals surface area contributed by atoms with Crippen molar-refractivity contribution in [1.82, 2.24) is 15.3 Å². The molecule has 1 amide bonds. The summed E-state index contributed by atoms with van der Waals surface area (Å²) >= 11 is 5.04. The van der Waals surface area contributed by atoms with E-state index < -0.39 is 37.2 Å². The number of non-ortho nitro benzene ring substituents is 2. The summed E-state index contributed by atoms with van der Waals surface area (Å²) < 4.78 is 27.5. The summed E-state index contributed by atoms with van der Waals surface area (Å²) in [7, 11) is -3.98. The van der Waals surface area contributed by atoms with Gasteiger partial charge in [0.25, 0.3) is 27.3 Å². The number of rotatable bonds is 7. The number of amides is 1. The van der Waals surface area contributed by atoms with Crippen LogP contribution in [0.4, 0.5) is 23.0 Å². The molecule has 0 saturated carbocycles. The predicted molar refractivity (Wildman–Crippen MR) is 132 cm³/mol. The van der Waals surface area contributed by atoms with Gasteiger partial charge in [0.15, 0.2) is 5.11 Å². The van der Waals surface area contributed by atoms with Gasteiger partial charge >= 0.3 is 0 Å². The van der Waals surface area contributed by atoms with E-state index in [1.54, 1.807) is 19.9 Å². The highest BCUT2D eigenvalue weighted by Crippen LogP contribution is 2.23. The fraction of sp³-hybridized carbons (Fsp3) is 0.100. The number of nitro groups is 2. The van der Waals surface area contributed by atoms with E-state index in [2.05, 4.69) is 25.3 Å². The maximum atomic E-state index is 12.6. The lowest BCUT2D eigenvalue weighted by atomic mass is 10.1. The first-order chi connectivity index (χ1) is 16.8.